The molecule has 0 fully saturated rings. The number of rotatable bonds is 2. The molecule has 17 heavy (non-hydrogen) atoms. The predicted octanol–water partition coefficient (Wildman–Crippen LogP) is 2.27. The van der Waals surface area contributed by atoms with Crippen LogP contribution in [0.5, 0.6) is 5.75 Å². The minimum atomic E-state index is 0.134. The molecule has 88 valence electrons. The molecule has 0 radical (unpaired) electrons. The van der Waals surface area contributed by atoms with Gasteiger partial charge in [-0.25, -0.2) is 0 Å². The molecule has 0 atom stereocenters. The molecule has 2 aromatic rings. The minimum absolute atomic E-state index is 0.134. The van der Waals surface area contributed by atoms with Gasteiger partial charge in [-0.15, -0.1) is 0 Å². The van der Waals surface area contributed by atoms with Gasteiger partial charge in [0, 0.05) is 35.7 Å². The zero-order valence-corrected chi connectivity index (χ0v) is 9.57. The van der Waals surface area contributed by atoms with Crippen molar-refractivity contribution in [1.82, 2.24) is 0 Å². The number of phenols is 1. The van der Waals surface area contributed by atoms with Crippen LogP contribution in [0.3, 0.4) is 0 Å². The molecule has 0 unspecified atom stereocenters. The largest absolute Gasteiger partial charge is 0.508 e. The lowest BCUT2D eigenvalue weighted by atomic mass is 10.0. The van der Waals surface area contributed by atoms with Gasteiger partial charge in [0.1, 0.15) is 5.75 Å². The van der Waals surface area contributed by atoms with E-state index in [0.717, 1.165) is 16.8 Å². The van der Waals surface area contributed by atoms with Gasteiger partial charge in [-0.05, 0) is 35.9 Å². The highest BCUT2D eigenvalue weighted by Crippen LogP contribution is 2.32. The number of nitrogens with two attached hydrogens (primary N) is 2. The molecule has 0 bridgehead atoms. The lowest BCUT2D eigenvalue weighted by Gasteiger charge is -2.10. The summed E-state index contributed by atoms with van der Waals surface area (Å²) in [6, 6.07) is 10.6. The third kappa shape index (κ3) is 2.25. The summed E-state index contributed by atoms with van der Waals surface area (Å²) < 4.78 is 0. The molecule has 0 aromatic heterocycles. The van der Waals surface area contributed by atoms with Gasteiger partial charge in [0.25, 0.3) is 0 Å². The SMILES string of the molecule is CNc1ccc(N)c(-c2cc(N)cc(O)c2)c1. The van der Waals surface area contributed by atoms with Crippen molar-refractivity contribution < 1.29 is 5.11 Å². The van der Waals surface area contributed by atoms with Crippen LogP contribution >= 0.6 is 0 Å². The second-order valence-electron chi connectivity index (χ2n) is 3.87. The Bertz CT molecular complexity index is 532. The van der Waals surface area contributed by atoms with Crippen molar-refractivity contribution in [3.63, 3.8) is 0 Å². The molecule has 0 aliphatic carbocycles. The van der Waals surface area contributed by atoms with E-state index < -0.39 is 0 Å². The molecule has 0 saturated heterocycles. The monoisotopic (exact) mass is 229 g/mol. The van der Waals surface area contributed by atoms with Crippen molar-refractivity contribution in [3.8, 4) is 16.9 Å². The van der Waals surface area contributed by atoms with E-state index in [0.29, 0.717) is 11.4 Å². The highest BCUT2D eigenvalue weighted by molar-refractivity contribution is 5.81. The number of benzene rings is 2. The van der Waals surface area contributed by atoms with Crippen LogP contribution in [0.1, 0.15) is 0 Å². The van der Waals surface area contributed by atoms with Gasteiger partial charge >= 0.3 is 0 Å². The van der Waals surface area contributed by atoms with Crippen molar-refractivity contribution in [2.24, 2.45) is 0 Å². The first kappa shape index (κ1) is 11.1. The van der Waals surface area contributed by atoms with Gasteiger partial charge in [0.15, 0.2) is 0 Å². The number of nitrogen functional groups attached to an aromatic ring is 2. The normalized spacial score (nSPS) is 10.2. The molecule has 4 nitrogen and oxygen atoms in total. The molecule has 0 amide bonds. The molecule has 6 N–H and O–H groups in total. The molecule has 2 aromatic carbocycles. The Morgan fingerprint density at radius 3 is 2.47 bits per heavy atom. The Morgan fingerprint density at radius 2 is 1.82 bits per heavy atom. The van der Waals surface area contributed by atoms with Gasteiger partial charge in [0.2, 0.25) is 0 Å². The molecule has 0 aliphatic heterocycles. The smallest absolute Gasteiger partial charge is 0.118 e. The number of nitrogens with one attached hydrogen (secondary N) is 1. The van der Waals surface area contributed by atoms with Crippen molar-refractivity contribution in [2.45, 2.75) is 0 Å². The molecular formula is C13H15N3O. The van der Waals surface area contributed by atoms with Crippen molar-refractivity contribution in [3.05, 3.63) is 36.4 Å². The summed E-state index contributed by atoms with van der Waals surface area (Å²) in [5.41, 5.74) is 15.4. The standard InChI is InChI=1S/C13H15N3O/c1-16-10-2-3-13(15)12(7-10)8-4-9(14)6-11(17)5-8/h2-7,16-17H,14-15H2,1H3. The Morgan fingerprint density at radius 1 is 1.06 bits per heavy atom. The van der Waals surface area contributed by atoms with E-state index in [1.807, 2.05) is 25.2 Å². The third-order valence-corrected chi connectivity index (χ3v) is 2.59. The lowest BCUT2D eigenvalue weighted by molar-refractivity contribution is 0.476. The van der Waals surface area contributed by atoms with Crippen LogP contribution in [0.25, 0.3) is 11.1 Å². The second kappa shape index (κ2) is 4.25. The van der Waals surface area contributed by atoms with Crippen molar-refractivity contribution in [2.75, 3.05) is 23.8 Å². The Labute approximate surface area is 99.9 Å². The Hall–Kier alpha value is -2.36. The molecule has 0 heterocycles. The van der Waals surface area contributed by atoms with Crippen LogP contribution in [0.15, 0.2) is 36.4 Å². The number of hydrogen-bond acceptors (Lipinski definition) is 4. The highest BCUT2D eigenvalue weighted by atomic mass is 16.3. The molecular weight excluding hydrogens is 214 g/mol. The van der Waals surface area contributed by atoms with Crippen molar-refractivity contribution >= 4 is 17.1 Å². The van der Waals surface area contributed by atoms with E-state index in [-0.39, 0.29) is 5.75 Å². The van der Waals surface area contributed by atoms with Gasteiger partial charge in [-0.3, -0.25) is 0 Å². The summed E-state index contributed by atoms with van der Waals surface area (Å²) in [5, 5.41) is 12.6. The van der Waals surface area contributed by atoms with Gasteiger partial charge in [-0.1, -0.05) is 0 Å². The summed E-state index contributed by atoms with van der Waals surface area (Å²) >= 11 is 0. The van der Waals surface area contributed by atoms with E-state index in [2.05, 4.69) is 5.32 Å². The molecule has 2 rings (SSSR count). The quantitative estimate of drug-likeness (QED) is 0.595. The average molecular weight is 229 g/mol. The first-order chi connectivity index (χ1) is 8.10. The zero-order valence-electron chi connectivity index (χ0n) is 9.57. The summed E-state index contributed by atoms with van der Waals surface area (Å²) in [7, 11) is 1.84. The van der Waals surface area contributed by atoms with Crippen LogP contribution in [0.4, 0.5) is 17.1 Å². The lowest BCUT2D eigenvalue weighted by Crippen LogP contribution is -1.94. The van der Waals surface area contributed by atoms with Crippen LogP contribution in [0, 0.1) is 0 Å². The Balaban J connectivity index is 2.58. The maximum atomic E-state index is 9.54. The molecule has 0 saturated carbocycles. The van der Waals surface area contributed by atoms with E-state index in [4.69, 9.17) is 11.5 Å². The molecule has 4 heteroatoms. The number of hydrogen-bond donors (Lipinski definition) is 4. The first-order valence-corrected chi connectivity index (χ1v) is 5.27. The summed E-state index contributed by atoms with van der Waals surface area (Å²) in [6.07, 6.45) is 0. The van der Waals surface area contributed by atoms with Gasteiger partial charge in [0.05, 0.1) is 0 Å². The average Bonchev–Trinajstić information content (AvgIpc) is 2.28. The van der Waals surface area contributed by atoms with E-state index >= 15 is 0 Å². The topological polar surface area (TPSA) is 84.3 Å². The van der Waals surface area contributed by atoms with E-state index in [9.17, 15) is 5.11 Å². The number of aromatic hydroxyl groups is 1. The van der Waals surface area contributed by atoms with Crippen LogP contribution in [-0.4, -0.2) is 12.2 Å². The van der Waals surface area contributed by atoms with Crippen LogP contribution in [-0.2, 0) is 0 Å². The first-order valence-electron chi connectivity index (χ1n) is 5.27. The minimum Gasteiger partial charge on any atom is -0.508 e. The summed E-state index contributed by atoms with van der Waals surface area (Å²) in [5.74, 6) is 0.134. The third-order valence-electron chi connectivity index (χ3n) is 2.59. The summed E-state index contributed by atoms with van der Waals surface area (Å²) in [6.45, 7) is 0. The molecule has 0 aliphatic rings. The maximum Gasteiger partial charge on any atom is 0.118 e. The maximum absolute atomic E-state index is 9.54. The van der Waals surface area contributed by atoms with Gasteiger partial charge < -0.3 is 21.9 Å². The number of anilines is 3. The van der Waals surface area contributed by atoms with Crippen molar-refractivity contribution in [1.29, 1.82) is 0 Å². The van der Waals surface area contributed by atoms with Gasteiger partial charge in [-0.2, -0.15) is 0 Å². The fourth-order valence-electron chi connectivity index (χ4n) is 1.75. The van der Waals surface area contributed by atoms with Crippen LogP contribution < -0.4 is 16.8 Å². The predicted molar refractivity (Wildman–Crippen MR) is 71.9 cm³/mol. The molecule has 0 spiro atoms. The second-order valence-corrected chi connectivity index (χ2v) is 3.87. The highest BCUT2D eigenvalue weighted by Gasteiger charge is 2.06. The van der Waals surface area contributed by atoms with Crippen LogP contribution in [0.2, 0.25) is 0 Å². The zero-order chi connectivity index (χ0) is 12.4. The number of phenolic OH excluding ortho intramolecular Hbond substituents is 1. The van der Waals surface area contributed by atoms with E-state index in [1.165, 1.54) is 6.07 Å². The Kier molecular flexibility index (Phi) is 2.78. The fourth-order valence-corrected chi connectivity index (χ4v) is 1.75. The summed E-state index contributed by atoms with van der Waals surface area (Å²) in [4.78, 5) is 0. The fraction of sp³-hybridized carbons (Fsp3) is 0.0769. The van der Waals surface area contributed by atoms with E-state index in [1.54, 1.807) is 12.1 Å².